The van der Waals surface area contributed by atoms with E-state index < -0.39 is 34.3 Å². The van der Waals surface area contributed by atoms with Crippen molar-refractivity contribution < 1.29 is 27.1 Å². The van der Waals surface area contributed by atoms with Gasteiger partial charge in [-0.25, -0.2) is 12.8 Å². The van der Waals surface area contributed by atoms with E-state index in [9.17, 15) is 22.4 Å². The summed E-state index contributed by atoms with van der Waals surface area (Å²) in [7, 11) is -4.26. The number of sulfonamides is 1. The van der Waals surface area contributed by atoms with Crippen LogP contribution >= 0.6 is 0 Å². The van der Waals surface area contributed by atoms with Crippen molar-refractivity contribution >= 4 is 27.5 Å². The molecule has 4 rings (SSSR count). The van der Waals surface area contributed by atoms with Gasteiger partial charge in [0.15, 0.2) is 0 Å². The lowest BCUT2D eigenvalue weighted by atomic mass is 10.1. The van der Waals surface area contributed by atoms with Crippen LogP contribution in [0, 0.1) is 5.82 Å². The summed E-state index contributed by atoms with van der Waals surface area (Å²) in [4.78, 5) is 29.1. The highest BCUT2D eigenvalue weighted by molar-refractivity contribution is 7.92. The number of nitrogens with zero attached hydrogens (tertiary/aromatic N) is 2. The quantitative estimate of drug-likeness (QED) is 0.267. The lowest BCUT2D eigenvalue weighted by Gasteiger charge is -2.33. The van der Waals surface area contributed by atoms with Crippen LogP contribution in [0.25, 0.3) is 0 Å². The molecule has 0 heterocycles. The fourth-order valence-corrected chi connectivity index (χ4v) is 6.82. The minimum atomic E-state index is -4.26. The van der Waals surface area contributed by atoms with Gasteiger partial charge in [-0.15, -0.1) is 0 Å². The number of hydrogen-bond donors (Lipinski definition) is 1. The zero-order chi connectivity index (χ0) is 30.8. The van der Waals surface area contributed by atoms with Crippen molar-refractivity contribution in [2.75, 3.05) is 24.0 Å². The number of amides is 2. The van der Waals surface area contributed by atoms with Crippen molar-refractivity contribution in [1.82, 2.24) is 10.2 Å². The SMILES string of the molecule is CCOc1ccc(S(=O)(=O)N(CC(=O)N(CCc2ccccc2)[C@H](CC)C(=O)NC2CCCC2)c2ccc(F)cc2)cc1. The van der Waals surface area contributed by atoms with E-state index in [0.29, 0.717) is 25.2 Å². The second kappa shape index (κ2) is 15.0. The number of ether oxygens (including phenoxy) is 1. The number of rotatable bonds is 14. The van der Waals surface area contributed by atoms with Gasteiger partial charge in [-0.1, -0.05) is 50.1 Å². The van der Waals surface area contributed by atoms with Crippen molar-refractivity contribution in [3.05, 3.63) is 90.2 Å². The smallest absolute Gasteiger partial charge is 0.264 e. The fourth-order valence-electron chi connectivity index (χ4n) is 5.40. The Morgan fingerprint density at radius 1 is 0.953 bits per heavy atom. The molecule has 0 bridgehead atoms. The van der Waals surface area contributed by atoms with E-state index in [1.165, 1.54) is 29.2 Å². The summed E-state index contributed by atoms with van der Waals surface area (Å²) in [5, 5.41) is 3.11. The molecule has 2 amide bonds. The molecule has 10 heteroatoms. The molecule has 1 N–H and O–H groups in total. The lowest BCUT2D eigenvalue weighted by molar-refractivity contribution is -0.139. The molecular weight excluding hydrogens is 569 g/mol. The van der Waals surface area contributed by atoms with E-state index >= 15 is 0 Å². The first-order valence-corrected chi connectivity index (χ1v) is 16.3. The number of halogens is 1. The Morgan fingerprint density at radius 2 is 1.60 bits per heavy atom. The maximum atomic E-state index is 14.1. The largest absolute Gasteiger partial charge is 0.494 e. The van der Waals surface area contributed by atoms with Crippen molar-refractivity contribution in [3.8, 4) is 5.75 Å². The zero-order valence-electron chi connectivity index (χ0n) is 24.7. The van der Waals surface area contributed by atoms with Crippen LogP contribution in [-0.4, -0.2) is 56.9 Å². The zero-order valence-corrected chi connectivity index (χ0v) is 25.6. The van der Waals surface area contributed by atoms with Gasteiger partial charge in [-0.2, -0.15) is 0 Å². The highest BCUT2D eigenvalue weighted by Gasteiger charge is 2.34. The Balaban J connectivity index is 1.66. The van der Waals surface area contributed by atoms with E-state index in [-0.39, 0.29) is 29.1 Å². The Morgan fingerprint density at radius 3 is 2.21 bits per heavy atom. The van der Waals surface area contributed by atoms with Gasteiger partial charge in [0.05, 0.1) is 17.2 Å². The number of anilines is 1. The fraction of sp³-hybridized carbons (Fsp3) is 0.394. The molecular formula is C33H40FN3O5S. The predicted octanol–water partition coefficient (Wildman–Crippen LogP) is 5.33. The van der Waals surface area contributed by atoms with Crippen molar-refractivity contribution in [3.63, 3.8) is 0 Å². The van der Waals surface area contributed by atoms with Gasteiger partial charge in [0.25, 0.3) is 10.0 Å². The maximum Gasteiger partial charge on any atom is 0.264 e. The molecule has 1 atom stereocenters. The van der Waals surface area contributed by atoms with Crippen LogP contribution in [0.15, 0.2) is 83.8 Å². The third kappa shape index (κ3) is 8.34. The van der Waals surface area contributed by atoms with Crippen LogP contribution in [-0.2, 0) is 26.0 Å². The van der Waals surface area contributed by atoms with Gasteiger partial charge < -0.3 is 15.0 Å². The molecule has 1 fully saturated rings. The van der Waals surface area contributed by atoms with E-state index in [4.69, 9.17) is 4.74 Å². The van der Waals surface area contributed by atoms with E-state index in [2.05, 4.69) is 5.32 Å². The van der Waals surface area contributed by atoms with Gasteiger partial charge >= 0.3 is 0 Å². The summed E-state index contributed by atoms with van der Waals surface area (Å²) in [6, 6.07) is 19.8. The Kier molecular flexibility index (Phi) is 11.2. The summed E-state index contributed by atoms with van der Waals surface area (Å²) < 4.78 is 48.2. The standard InChI is InChI=1S/C33H40FN3O5S/c1-3-31(33(39)35-27-12-8-9-13-27)36(23-22-25-10-6-5-7-11-25)32(38)24-37(28-16-14-26(34)15-17-28)43(40,41)30-20-18-29(19-21-30)42-4-2/h5-7,10-11,14-21,27,31H,3-4,8-9,12-13,22-24H2,1-2H3,(H,35,39)/t31-/m1/s1. The molecule has 0 aromatic heterocycles. The van der Waals surface area contributed by atoms with Crippen molar-refractivity contribution in [2.45, 2.75) is 69.4 Å². The molecule has 3 aromatic rings. The minimum Gasteiger partial charge on any atom is -0.494 e. The van der Waals surface area contributed by atoms with Crippen LogP contribution in [0.4, 0.5) is 10.1 Å². The first-order valence-electron chi connectivity index (χ1n) is 14.9. The number of benzene rings is 3. The van der Waals surface area contributed by atoms with Crippen molar-refractivity contribution in [2.24, 2.45) is 0 Å². The Labute approximate surface area is 253 Å². The monoisotopic (exact) mass is 609 g/mol. The Bertz CT molecular complexity index is 1440. The van der Waals surface area contributed by atoms with Crippen LogP contribution in [0.3, 0.4) is 0 Å². The van der Waals surface area contributed by atoms with Gasteiger partial charge in [-0.05, 0) is 86.7 Å². The molecule has 230 valence electrons. The maximum absolute atomic E-state index is 14.1. The normalized spacial score (nSPS) is 14.2. The first kappa shape index (κ1) is 32.0. The van der Waals surface area contributed by atoms with Gasteiger partial charge in [-0.3, -0.25) is 13.9 Å². The summed E-state index contributed by atoms with van der Waals surface area (Å²) in [5.74, 6) is -0.786. The topological polar surface area (TPSA) is 96.0 Å². The predicted molar refractivity (Wildman–Crippen MR) is 165 cm³/mol. The van der Waals surface area contributed by atoms with Crippen LogP contribution in [0.2, 0.25) is 0 Å². The molecule has 0 radical (unpaired) electrons. The van der Waals surface area contributed by atoms with E-state index in [1.54, 1.807) is 12.1 Å². The average Bonchev–Trinajstić information content (AvgIpc) is 3.52. The summed E-state index contributed by atoms with van der Waals surface area (Å²) in [6.07, 6.45) is 4.75. The second-order valence-electron chi connectivity index (χ2n) is 10.6. The van der Waals surface area contributed by atoms with Crippen LogP contribution in [0.5, 0.6) is 5.75 Å². The van der Waals surface area contributed by atoms with Gasteiger partial charge in [0, 0.05) is 12.6 Å². The highest BCUT2D eigenvalue weighted by atomic mass is 32.2. The average molecular weight is 610 g/mol. The number of carbonyl (C=O) groups excluding carboxylic acids is 2. The Hall–Kier alpha value is -3.92. The molecule has 3 aromatic carbocycles. The van der Waals surface area contributed by atoms with Gasteiger partial charge in [0.2, 0.25) is 11.8 Å². The molecule has 0 unspecified atom stereocenters. The lowest BCUT2D eigenvalue weighted by Crippen LogP contribution is -2.54. The molecule has 43 heavy (non-hydrogen) atoms. The summed E-state index contributed by atoms with van der Waals surface area (Å²) >= 11 is 0. The second-order valence-corrected chi connectivity index (χ2v) is 12.5. The molecule has 0 aliphatic heterocycles. The summed E-state index contributed by atoms with van der Waals surface area (Å²) in [5.41, 5.74) is 1.12. The molecule has 0 saturated heterocycles. The van der Waals surface area contributed by atoms with Gasteiger partial charge in [0.1, 0.15) is 24.2 Å². The minimum absolute atomic E-state index is 0.0464. The third-order valence-electron chi connectivity index (χ3n) is 7.69. The number of hydrogen-bond acceptors (Lipinski definition) is 5. The first-order chi connectivity index (χ1) is 20.7. The van der Waals surface area contributed by atoms with Crippen LogP contribution < -0.4 is 14.4 Å². The van der Waals surface area contributed by atoms with E-state index in [0.717, 1.165) is 47.7 Å². The third-order valence-corrected chi connectivity index (χ3v) is 9.48. The summed E-state index contributed by atoms with van der Waals surface area (Å²) in [6.45, 7) is 3.75. The van der Waals surface area contributed by atoms with E-state index in [1.807, 2.05) is 44.2 Å². The number of carbonyl (C=O) groups is 2. The molecule has 8 nitrogen and oxygen atoms in total. The number of nitrogens with one attached hydrogen (secondary N) is 1. The van der Waals surface area contributed by atoms with Crippen molar-refractivity contribution in [1.29, 1.82) is 0 Å². The highest BCUT2D eigenvalue weighted by Crippen LogP contribution is 2.26. The molecule has 0 spiro atoms. The molecule has 1 aliphatic carbocycles. The van der Waals surface area contributed by atoms with Crippen LogP contribution in [0.1, 0.15) is 51.5 Å². The molecule has 1 aliphatic rings. The molecule has 1 saturated carbocycles.